The molecule has 0 spiro atoms. The standard InChI is InChI=1S/C17H23N5O2S/c1-12(2)8-16-20-13(10-25-16)17(23)22-6-4-21(5-7-22)14-9-15(24-3)19-11-18-14/h9-12H,4-8H2,1-3H3. The molecular weight excluding hydrogens is 338 g/mol. The molecule has 1 fully saturated rings. The molecule has 7 nitrogen and oxygen atoms in total. The summed E-state index contributed by atoms with van der Waals surface area (Å²) in [5.41, 5.74) is 0.567. The summed E-state index contributed by atoms with van der Waals surface area (Å²) in [6.45, 7) is 7.09. The molecule has 1 amide bonds. The first-order chi connectivity index (χ1) is 12.1. The predicted molar refractivity (Wildman–Crippen MR) is 97.4 cm³/mol. The van der Waals surface area contributed by atoms with Gasteiger partial charge in [-0.1, -0.05) is 13.8 Å². The second-order valence-corrected chi connectivity index (χ2v) is 7.36. The number of carbonyl (C=O) groups excluding carboxylic acids is 1. The Balaban J connectivity index is 1.59. The fourth-order valence-corrected chi connectivity index (χ4v) is 3.75. The molecule has 25 heavy (non-hydrogen) atoms. The van der Waals surface area contributed by atoms with E-state index in [-0.39, 0.29) is 5.91 Å². The molecule has 3 heterocycles. The van der Waals surface area contributed by atoms with Gasteiger partial charge in [-0.15, -0.1) is 11.3 Å². The molecule has 1 saturated heterocycles. The minimum Gasteiger partial charge on any atom is -0.481 e. The Hall–Kier alpha value is -2.22. The summed E-state index contributed by atoms with van der Waals surface area (Å²) >= 11 is 1.57. The van der Waals surface area contributed by atoms with E-state index in [1.807, 2.05) is 16.3 Å². The van der Waals surface area contributed by atoms with Crippen molar-refractivity contribution in [1.29, 1.82) is 0 Å². The van der Waals surface area contributed by atoms with Crippen LogP contribution >= 0.6 is 11.3 Å². The van der Waals surface area contributed by atoms with Crippen molar-refractivity contribution < 1.29 is 9.53 Å². The second kappa shape index (κ2) is 7.77. The average molecular weight is 361 g/mol. The molecule has 8 heteroatoms. The van der Waals surface area contributed by atoms with Gasteiger partial charge in [0.25, 0.3) is 5.91 Å². The lowest BCUT2D eigenvalue weighted by atomic mass is 10.1. The fraction of sp³-hybridized carbons (Fsp3) is 0.529. The van der Waals surface area contributed by atoms with E-state index in [9.17, 15) is 4.79 Å². The van der Waals surface area contributed by atoms with Crippen LogP contribution in [0.5, 0.6) is 5.88 Å². The number of thiazole rings is 1. The van der Waals surface area contributed by atoms with E-state index in [1.165, 1.54) is 6.33 Å². The van der Waals surface area contributed by atoms with Crippen molar-refractivity contribution in [2.75, 3.05) is 38.2 Å². The Bertz CT molecular complexity index is 725. The maximum Gasteiger partial charge on any atom is 0.273 e. The number of aromatic nitrogens is 3. The second-order valence-electron chi connectivity index (χ2n) is 6.42. The van der Waals surface area contributed by atoms with Crippen LogP contribution in [0, 0.1) is 5.92 Å². The quantitative estimate of drug-likeness (QED) is 0.812. The molecule has 134 valence electrons. The molecule has 0 atom stereocenters. The van der Waals surface area contributed by atoms with Gasteiger partial charge in [0.05, 0.1) is 12.1 Å². The summed E-state index contributed by atoms with van der Waals surface area (Å²) in [5, 5.41) is 2.91. The van der Waals surface area contributed by atoms with Gasteiger partial charge in [0.15, 0.2) is 0 Å². The molecule has 0 unspecified atom stereocenters. The van der Waals surface area contributed by atoms with E-state index in [4.69, 9.17) is 4.74 Å². The summed E-state index contributed by atoms with van der Waals surface area (Å²) in [6.07, 6.45) is 2.42. The first kappa shape index (κ1) is 17.6. The Morgan fingerprint density at radius 2 is 2.04 bits per heavy atom. The van der Waals surface area contributed by atoms with Crippen LogP contribution < -0.4 is 9.64 Å². The molecule has 0 aromatic carbocycles. The van der Waals surface area contributed by atoms with Crippen molar-refractivity contribution in [2.45, 2.75) is 20.3 Å². The number of anilines is 1. The largest absolute Gasteiger partial charge is 0.481 e. The lowest BCUT2D eigenvalue weighted by Crippen LogP contribution is -2.49. The van der Waals surface area contributed by atoms with E-state index in [2.05, 4.69) is 33.7 Å². The number of piperazine rings is 1. The van der Waals surface area contributed by atoms with Crippen LogP contribution in [0.4, 0.5) is 5.82 Å². The molecule has 0 bridgehead atoms. The molecular formula is C17H23N5O2S. The third-order valence-electron chi connectivity index (χ3n) is 4.08. The predicted octanol–water partition coefficient (Wildman–Crippen LogP) is 2.10. The topological polar surface area (TPSA) is 71.5 Å². The minimum absolute atomic E-state index is 0.0196. The number of rotatable bonds is 5. The number of hydrogen-bond acceptors (Lipinski definition) is 7. The lowest BCUT2D eigenvalue weighted by molar-refractivity contribution is 0.0741. The normalized spacial score (nSPS) is 14.9. The first-order valence-electron chi connectivity index (χ1n) is 8.41. The van der Waals surface area contributed by atoms with Gasteiger partial charge in [-0.05, 0) is 5.92 Å². The summed E-state index contributed by atoms with van der Waals surface area (Å²) < 4.78 is 5.14. The van der Waals surface area contributed by atoms with Crippen molar-refractivity contribution in [3.8, 4) is 5.88 Å². The molecule has 1 aliphatic rings. The Labute approximate surface area is 151 Å². The number of methoxy groups -OCH3 is 1. The smallest absolute Gasteiger partial charge is 0.273 e. The molecule has 2 aromatic heterocycles. The zero-order valence-corrected chi connectivity index (χ0v) is 15.6. The molecule has 3 rings (SSSR count). The third-order valence-corrected chi connectivity index (χ3v) is 4.95. The summed E-state index contributed by atoms with van der Waals surface area (Å²) in [6, 6.07) is 1.82. The van der Waals surface area contributed by atoms with E-state index in [1.54, 1.807) is 18.4 Å². The van der Waals surface area contributed by atoms with Gasteiger partial charge >= 0.3 is 0 Å². The van der Waals surface area contributed by atoms with Crippen LogP contribution in [-0.2, 0) is 6.42 Å². The van der Waals surface area contributed by atoms with Gasteiger partial charge in [0.1, 0.15) is 17.8 Å². The number of amides is 1. The van der Waals surface area contributed by atoms with Crippen molar-refractivity contribution in [1.82, 2.24) is 19.9 Å². The zero-order valence-electron chi connectivity index (χ0n) is 14.8. The van der Waals surface area contributed by atoms with Gasteiger partial charge in [-0.25, -0.2) is 15.0 Å². The molecule has 0 radical (unpaired) electrons. The van der Waals surface area contributed by atoms with Gasteiger partial charge in [0.2, 0.25) is 5.88 Å². The number of hydrogen-bond donors (Lipinski definition) is 0. The minimum atomic E-state index is 0.0196. The van der Waals surface area contributed by atoms with Crippen molar-refractivity contribution >= 4 is 23.1 Å². The zero-order chi connectivity index (χ0) is 17.8. The highest BCUT2D eigenvalue weighted by Gasteiger charge is 2.24. The summed E-state index contributed by atoms with van der Waals surface area (Å²) in [4.78, 5) is 29.5. The average Bonchev–Trinajstić information content (AvgIpc) is 3.09. The highest BCUT2D eigenvalue weighted by atomic mass is 32.1. The van der Waals surface area contributed by atoms with E-state index < -0.39 is 0 Å². The molecule has 2 aromatic rings. The first-order valence-corrected chi connectivity index (χ1v) is 9.29. The van der Waals surface area contributed by atoms with Crippen LogP contribution in [0.1, 0.15) is 29.3 Å². The van der Waals surface area contributed by atoms with Gasteiger partial charge in [-0.2, -0.15) is 0 Å². The van der Waals surface area contributed by atoms with Crippen molar-refractivity contribution in [3.05, 3.63) is 28.5 Å². The number of nitrogens with zero attached hydrogens (tertiary/aromatic N) is 5. The fourth-order valence-electron chi connectivity index (χ4n) is 2.77. The highest BCUT2D eigenvalue weighted by Crippen LogP contribution is 2.19. The monoisotopic (exact) mass is 361 g/mol. The van der Waals surface area contributed by atoms with Gasteiger partial charge < -0.3 is 14.5 Å². The molecule has 0 N–H and O–H groups in total. The SMILES string of the molecule is COc1cc(N2CCN(C(=O)c3csc(CC(C)C)n3)CC2)ncn1. The van der Waals surface area contributed by atoms with E-state index in [0.29, 0.717) is 30.6 Å². The molecule has 1 aliphatic heterocycles. The summed E-state index contributed by atoms with van der Waals surface area (Å²) in [5.74, 6) is 1.93. The molecule has 0 aliphatic carbocycles. The third kappa shape index (κ3) is 4.25. The van der Waals surface area contributed by atoms with Gasteiger partial charge in [0, 0.05) is 44.0 Å². The summed E-state index contributed by atoms with van der Waals surface area (Å²) in [7, 11) is 1.59. The Morgan fingerprint density at radius 3 is 2.72 bits per heavy atom. The van der Waals surface area contributed by atoms with Crippen LogP contribution in [0.25, 0.3) is 0 Å². The van der Waals surface area contributed by atoms with Crippen LogP contribution in [-0.4, -0.2) is 59.0 Å². The molecule has 0 saturated carbocycles. The van der Waals surface area contributed by atoms with Gasteiger partial charge in [-0.3, -0.25) is 4.79 Å². The van der Waals surface area contributed by atoms with Crippen LogP contribution in [0.15, 0.2) is 17.8 Å². The van der Waals surface area contributed by atoms with Crippen LogP contribution in [0.2, 0.25) is 0 Å². The van der Waals surface area contributed by atoms with E-state index >= 15 is 0 Å². The van der Waals surface area contributed by atoms with Crippen molar-refractivity contribution in [2.24, 2.45) is 5.92 Å². The van der Waals surface area contributed by atoms with E-state index in [0.717, 1.165) is 30.3 Å². The van der Waals surface area contributed by atoms with Crippen molar-refractivity contribution in [3.63, 3.8) is 0 Å². The maximum atomic E-state index is 12.6. The Kier molecular flexibility index (Phi) is 5.47. The number of carbonyl (C=O) groups is 1. The van der Waals surface area contributed by atoms with Crippen LogP contribution in [0.3, 0.4) is 0 Å². The Morgan fingerprint density at radius 1 is 1.28 bits per heavy atom. The lowest BCUT2D eigenvalue weighted by Gasteiger charge is -2.35. The highest BCUT2D eigenvalue weighted by molar-refractivity contribution is 7.09. The maximum absolute atomic E-state index is 12.6. The number of ether oxygens (including phenoxy) is 1.